The van der Waals surface area contributed by atoms with E-state index in [1.54, 1.807) is 0 Å². The number of hydrogen-bond acceptors (Lipinski definition) is 2. The fraction of sp³-hybridized carbons (Fsp3) is 0.333. The molecule has 0 saturated carbocycles. The minimum Gasteiger partial charge on any atom is -0.386 e. The maximum atomic E-state index is 10.6. The summed E-state index contributed by atoms with van der Waals surface area (Å²) in [6.07, 6.45) is -0.490. The van der Waals surface area contributed by atoms with Gasteiger partial charge in [0, 0.05) is 12.2 Å². The highest BCUT2D eigenvalue weighted by Crippen LogP contribution is 2.27. The van der Waals surface area contributed by atoms with Gasteiger partial charge < -0.3 is 10.0 Å². The summed E-state index contributed by atoms with van der Waals surface area (Å²) in [6.45, 7) is 7.18. The summed E-state index contributed by atoms with van der Waals surface area (Å²) in [5.41, 5.74) is 3.39. The molecule has 0 bridgehead atoms. The first-order valence-corrected chi connectivity index (χ1v) is 7.20. The molecule has 2 rings (SSSR count). The second-order valence-electron chi connectivity index (χ2n) is 5.17. The van der Waals surface area contributed by atoms with Crippen LogP contribution in [0.25, 0.3) is 0 Å². The maximum Gasteiger partial charge on any atom is 0.0990 e. The standard InChI is InChI=1S/C18H23NO/c1-4-19(17-13-9-8-10-14(17)2)15(3)18(20)16-11-6-5-7-12-16/h5-13,15,18,20H,4H2,1-3H3. The molecule has 106 valence electrons. The molecule has 2 atom stereocenters. The predicted molar refractivity (Wildman–Crippen MR) is 85.1 cm³/mol. The number of aliphatic hydroxyl groups is 1. The molecule has 0 aromatic heterocycles. The Labute approximate surface area is 121 Å². The van der Waals surface area contributed by atoms with Gasteiger partial charge in [-0.05, 0) is 38.0 Å². The van der Waals surface area contributed by atoms with Gasteiger partial charge in [0.05, 0.1) is 12.1 Å². The number of aryl methyl sites for hydroxylation is 1. The van der Waals surface area contributed by atoms with Gasteiger partial charge in [0.2, 0.25) is 0 Å². The van der Waals surface area contributed by atoms with E-state index in [0.29, 0.717) is 0 Å². The van der Waals surface area contributed by atoms with E-state index in [0.717, 1.165) is 12.1 Å². The molecule has 2 heteroatoms. The van der Waals surface area contributed by atoms with Crippen LogP contribution in [0.1, 0.15) is 31.1 Å². The minimum atomic E-state index is -0.490. The molecule has 0 fully saturated rings. The molecule has 1 N–H and O–H groups in total. The largest absolute Gasteiger partial charge is 0.386 e. The summed E-state index contributed by atoms with van der Waals surface area (Å²) < 4.78 is 0. The summed E-state index contributed by atoms with van der Waals surface area (Å²) in [5.74, 6) is 0. The van der Waals surface area contributed by atoms with Crippen molar-refractivity contribution in [3.63, 3.8) is 0 Å². The Morgan fingerprint density at radius 1 is 1.00 bits per heavy atom. The number of likely N-dealkylation sites (N-methyl/N-ethyl adjacent to an activating group) is 1. The van der Waals surface area contributed by atoms with Gasteiger partial charge in [-0.1, -0.05) is 48.5 Å². The summed E-state index contributed by atoms with van der Waals surface area (Å²) in [5, 5.41) is 10.6. The van der Waals surface area contributed by atoms with Crippen molar-refractivity contribution < 1.29 is 5.11 Å². The predicted octanol–water partition coefficient (Wildman–Crippen LogP) is 3.94. The molecule has 20 heavy (non-hydrogen) atoms. The summed E-state index contributed by atoms with van der Waals surface area (Å²) in [7, 11) is 0. The zero-order valence-electron chi connectivity index (χ0n) is 12.5. The van der Waals surface area contributed by atoms with E-state index < -0.39 is 6.10 Å². The molecule has 0 aliphatic heterocycles. The minimum absolute atomic E-state index is 0.0310. The average Bonchev–Trinajstić information content (AvgIpc) is 2.50. The van der Waals surface area contributed by atoms with Crippen LogP contribution in [0.3, 0.4) is 0 Å². The number of rotatable bonds is 5. The number of nitrogens with zero attached hydrogens (tertiary/aromatic N) is 1. The highest BCUT2D eigenvalue weighted by atomic mass is 16.3. The first-order valence-electron chi connectivity index (χ1n) is 7.20. The molecule has 2 nitrogen and oxygen atoms in total. The normalized spacial score (nSPS) is 13.8. The Kier molecular flexibility index (Phi) is 4.80. The molecule has 0 heterocycles. The molecule has 2 aromatic carbocycles. The van der Waals surface area contributed by atoms with Crippen LogP contribution in [0, 0.1) is 6.92 Å². The number of aliphatic hydroxyl groups excluding tert-OH is 1. The fourth-order valence-corrected chi connectivity index (χ4v) is 2.66. The third-order valence-electron chi connectivity index (χ3n) is 3.86. The van der Waals surface area contributed by atoms with E-state index in [1.807, 2.05) is 42.5 Å². The van der Waals surface area contributed by atoms with Gasteiger partial charge in [0.15, 0.2) is 0 Å². The Bertz CT molecular complexity index is 538. The molecule has 0 saturated heterocycles. The van der Waals surface area contributed by atoms with E-state index in [-0.39, 0.29) is 6.04 Å². The SMILES string of the molecule is CCN(c1ccccc1C)C(C)C(O)c1ccccc1. The van der Waals surface area contributed by atoms with Crippen molar-refractivity contribution in [1.29, 1.82) is 0 Å². The van der Waals surface area contributed by atoms with Crippen LogP contribution < -0.4 is 4.90 Å². The molecule has 2 unspecified atom stereocenters. The zero-order chi connectivity index (χ0) is 14.5. The van der Waals surface area contributed by atoms with Crippen LogP contribution in [0.5, 0.6) is 0 Å². The molecule has 0 aliphatic rings. The molecule has 0 amide bonds. The van der Waals surface area contributed by atoms with Crippen molar-refractivity contribution in [3.05, 3.63) is 65.7 Å². The fourth-order valence-electron chi connectivity index (χ4n) is 2.66. The summed E-state index contributed by atoms with van der Waals surface area (Å²) >= 11 is 0. The van der Waals surface area contributed by atoms with E-state index in [9.17, 15) is 5.11 Å². The maximum absolute atomic E-state index is 10.6. The lowest BCUT2D eigenvalue weighted by Gasteiger charge is -2.34. The van der Waals surface area contributed by atoms with Crippen LogP contribution in [-0.4, -0.2) is 17.7 Å². The quantitative estimate of drug-likeness (QED) is 0.888. The molecular weight excluding hydrogens is 246 g/mol. The van der Waals surface area contributed by atoms with Crippen molar-refractivity contribution in [2.75, 3.05) is 11.4 Å². The monoisotopic (exact) mass is 269 g/mol. The number of anilines is 1. The van der Waals surface area contributed by atoms with Crippen LogP contribution in [0.4, 0.5) is 5.69 Å². The van der Waals surface area contributed by atoms with E-state index in [4.69, 9.17) is 0 Å². The second-order valence-corrected chi connectivity index (χ2v) is 5.17. The Balaban J connectivity index is 2.26. The number of para-hydroxylation sites is 1. The van der Waals surface area contributed by atoms with Gasteiger partial charge in [-0.25, -0.2) is 0 Å². The molecule has 0 radical (unpaired) electrons. The molecule has 2 aromatic rings. The van der Waals surface area contributed by atoms with Gasteiger partial charge in [0.25, 0.3) is 0 Å². The van der Waals surface area contributed by atoms with Crippen molar-refractivity contribution >= 4 is 5.69 Å². The lowest BCUT2D eigenvalue weighted by Crippen LogP contribution is -2.38. The van der Waals surface area contributed by atoms with E-state index in [2.05, 4.69) is 37.8 Å². The number of benzene rings is 2. The average molecular weight is 269 g/mol. The molecule has 0 aliphatic carbocycles. The molecule has 0 spiro atoms. The highest BCUT2D eigenvalue weighted by molar-refractivity contribution is 5.54. The third-order valence-corrected chi connectivity index (χ3v) is 3.86. The van der Waals surface area contributed by atoms with Gasteiger partial charge in [-0.3, -0.25) is 0 Å². The van der Waals surface area contributed by atoms with E-state index in [1.165, 1.54) is 11.3 Å². The van der Waals surface area contributed by atoms with Crippen molar-refractivity contribution in [1.82, 2.24) is 0 Å². The number of hydrogen-bond donors (Lipinski definition) is 1. The van der Waals surface area contributed by atoms with Crippen LogP contribution in [0.15, 0.2) is 54.6 Å². The van der Waals surface area contributed by atoms with Crippen molar-refractivity contribution in [2.45, 2.75) is 32.9 Å². The highest BCUT2D eigenvalue weighted by Gasteiger charge is 2.23. The topological polar surface area (TPSA) is 23.5 Å². The van der Waals surface area contributed by atoms with Crippen LogP contribution in [0.2, 0.25) is 0 Å². The lowest BCUT2D eigenvalue weighted by atomic mass is 10.0. The summed E-state index contributed by atoms with van der Waals surface area (Å²) in [4.78, 5) is 2.26. The lowest BCUT2D eigenvalue weighted by molar-refractivity contribution is 0.149. The smallest absolute Gasteiger partial charge is 0.0990 e. The van der Waals surface area contributed by atoms with E-state index >= 15 is 0 Å². The van der Waals surface area contributed by atoms with Crippen molar-refractivity contribution in [2.24, 2.45) is 0 Å². The van der Waals surface area contributed by atoms with Gasteiger partial charge >= 0.3 is 0 Å². The summed E-state index contributed by atoms with van der Waals surface area (Å²) in [6, 6.07) is 18.2. The Hall–Kier alpha value is -1.80. The Morgan fingerprint density at radius 2 is 1.60 bits per heavy atom. The van der Waals surface area contributed by atoms with Crippen molar-refractivity contribution in [3.8, 4) is 0 Å². The first kappa shape index (κ1) is 14.6. The van der Waals surface area contributed by atoms with Gasteiger partial charge in [-0.2, -0.15) is 0 Å². The van der Waals surface area contributed by atoms with Gasteiger partial charge in [-0.15, -0.1) is 0 Å². The van der Waals surface area contributed by atoms with Crippen LogP contribution in [-0.2, 0) is 0 Å². The zero-order valence-corrected chi connectivity index (χ0v) is 12.5. The van der Waals surface area contributed by atoms with Crippen LogP contribution >= 0.6 is 0 Å². The first-order chi connectivity index (χ1) is 9.65. The molecular formula is C18H23NO. The Morgan fingerprint density at radius 3 is 2.20 bits per heavy atom. The third kappa shape index (κ3) is 3.02. The van der Waals surface area contributed by atoms with Gasteiger partial charge in [0.1, 0.15) is 0 Å². The second kappa shape index (κ2) is 6.58.